The Morgan fingerprint density at radius 2 is 2.00 bits per heavy atom. The Morgan fingerprint density at radius 1 is 1.36 bits per heavy atom. The average Bonchev–Trinajstić information content (AvgIpc) is 2.76. The maximum atomic E-state index is 11.1. The van der Waals surface area contributed by atoms with E-state index in [9.17, 15) is 4.79 Å². The second kappa shape index (κ2) is 6.40. The van der Waals surface area contributed by atoms with Crippen LogP contribution in [0.5, 0.6) is 0 Å². The molecule has 0 aliphatic carbocycles. The van der Waals surface area contributed by atoms with Crippen molar-refractivity contribution in [3.8, 4) is 0 Å². The monoisotopic (exact) mass is 325 g/mol. The van der Waals surface area contributed by atoms with Crippen LogP contribution < -0.4 is 10.2 Å². The number of pyridine rings is 1. The van der Waals surface area contributed by atoms with E-state index in [1.54, 1.807) is 0 Å². The van der Waals surface area contributed by atoms with Gasteiger partial charge >= 0.3 is 0 Å². The fourth-order valence-corrected chi connectivity index (χ4v) is 3.23. The summed E-state index contributed by atoms with van der Waals surface area (Å²) in [6, 6.07) is 1.82. The van der Waals surface area contributed by atoms with Gasteiger partial charge in [0.25, 0.3) is 0 Å². The van der Waals surface area contributed by atoms with Gasteiger partial charge in [-0.15, -0.1) is 0 Å². The number of nitrogens with one attached hydrogen (secondary N) is 1. The number of rotatable bonds is 2. The lowest BCUT2D eigenvalue weighted by Gasteiger charge is -2.20. The minimum atomic E-state index is -0.0855. The van der Waals surface area contributed by atoms with E-state index in [-0.39, 0.29) is 24.2 Å². The first-order valence-electron chi connectivity index (χ1n) is 7.40. The summed E-state index contributed by atoms with van der Waals surface area (Å²) in [7, 11) is 0. The van der Waals surface area contributed by atoms with Crippen LogP contribution in [-0.2, 0) is 14.3 Å². The Morgan fingerprint density at radius 3 is 2.55 bits per heavy atom. The van der Waals surface area contributed by atoms with Gasteiger partial charge in [0.1, 0.15) is 18.0 Å². The fraction of sp³-hybridized carbons (Fsp3) is 0.600. The van der Waals surface area contributed by atoms with Gasteiger partial charge < -0.3 is 19.7 Å². The maximum Gasteiger partial charge on any atom is 0.217 e. The number of hydrogen-bond acceptors (Lipinski definition) is 5. The number of halogens is 1. The first-order chi connectivity index (χ1) is 10.5. The number of aryl methyl sites for hydroxylation is 1. The van der Waals surface area contributed by atoms with Gasteiger partial charge in [0.05, 0.1) is 24.3 Å². The molecule has 1 N–H and O–H groups in total. The Balaban J connectivity index is 1.65. The summed E-state index contributed by atoms with van der Waals surface area (Å²) in [6.07, 6.45) is 1.75. The third kappa shape index (κ3) is 3.34. The number of carbonyl (C=O) groups is 1. The zero-order valence-electron chi connectivity index (χ0n) is 12.7. The van der Waals surface area contributed by atoms with E-state index >= 15 is 0 Å². The molecule has 0 unspecified atom stereocenters. The number of fused-ring (bicyclic) bond motifs is 1. The van der Waals surface area contributed by atoms with Gasteiger partial charge in [-0.05, 0) is 18.6 Å². The van der Waals surface area contributed by atoms with Gasteiger partial charge in [-0.25, -0.2) is 4.98 Å². The van der Waals surface area contributed by atoms with Crippen molar-refractivity contribution in [2.75, 3.05) is 31.2 Å². The summed E-state index contributed by atoms with van der Waals surface area (Å²) >= 11 is 6.29. The average molecular weight is 326 g/mol. The largest absolute Gasteiger partial charge is 0.371 e. The van der Waals surface area contributed by atoms with Crippen LogP contribution in [0.3, 0.4) is 0 Å². The standard InChI is InChI=1S/C15H20ClN3O3/c1-9-3-12(16)15(17-4-9)19-5-13-14(6-19)22-8-11(7-21-13)18-10(2)20/h3-4,11,13-14H,5-8H2,1-2H3,(H,18,20)/t13-,14-/m0/s1. The van der Waals surface area contributed by atoms with Gasteiger partial charge in [0.2, 0.25) is 5.91 Å². The van der Waals surface area contributed by atoms with Crippen molar-refractivity contribution in [1.29, 1.82) is 0 Å². The Kier molecular flexibility index (Phi) is 4.52. The Hall–Kier alpha value is -1.37. The summed E-state index contributed by atoms with van der Waals surface area (Å²) in [5.74, 6) is 0.701. The topological polar surface area (TPSA) is 63.7 Å². The number of hydrogen-bond donors (Lipinski definition) is 1. The van der Waals surface area contributed by atoms with Crippen LogP contribution >= 0.6 is 11.6 Å². The normalized spacial score (nSPS) is 25.7. The molecule has 2 fully saturated rings. The van der Waals surface area contributed by atoms with Crippen LogP contribution in [0.1, 0.15) is 12.5 Å². The van der Waals surface area contributed by atoms with Crippen molar-refractivity contribution in [3.05, 3.63) is 22.8 Å². The highest BCUT2D eigenvalue weighted by Crippen LogP contribution is 2.29. The second-order valence-electron chi connectivity index (χ2n) is 5.86. The van der Waals surface area contributed by atoms with Crippen molar-refractivity contribution < 1.29 is 14.3 Å². The highest BCUT2D eigenvalue weighted by atomic mass is 35.5. The van der Waals surface area contributed by atoms with Gasteiger partial charge in [-0.3, -0.25) is 4.79 Å². The molecule has 1 aromatic heterocycles. The minimum Gasteiger partial charge on any atom is -0.371 e. The molecule has 2 atom stereocenters. The molecule has 0 spiro atoms. The number of ether oxygens (including phenoxy) is 2. The minimum absolute atomic E-state index is 0.0297. The Bertz CT molecular complexity index is 553. The van der Waals surface area contributed by atoms with E-state index in [4.69, 9.17) is 21.1 Å². The molecule has 3 heterocycles. The van der Waals surface area contributed by atoms with Crippen LogP contribution in [0.25, 0.3) is 0 Å². The van der Waals surface area contributed by atoms with Crippen molar-refractivity contribution in [1.82, 2.24) is 10.3 Å². The quantitative estimate of drug-likeness (QED) is 0.884. The number of nitrogens with zero attached hydrogens (tertiary/aromatic N) is 2. The lowest BCUT2D eigenvalue weighted by Crippen LogP contribution is -2.40. The highest BCUT2D eigenvalue weighted by Gasteiger charge is 2.38. The van der Waals surface area contributed by atoms with Crippen molar-refractivity contribution in [2.45, 2.75) is 32.1 Å². The van der Waals surface area contributed by atoms with E-state index < -0.39 is 0 Å². The second-order valence-corrected chi connectivity index (χ2v) is 6.27. The van der Waals surface area contributed by atoms with E-state index in [1.165, 1.54) is 6.92 Å². The summed E-state index contributed by atoms with van der Waals surface area (Å²) in [6.45, 7) is 5.76. The molecule has 7 heteroatoms. The molecule has 0 bridgehead atoms. The zero-order chi connectivity index (χ0) is 15.7. The molecule has 0 radical (unpaired) electrons. The van der Waals surface area contributed by atoms with Crippen LogP contribution in [0.15, 0.2) is 12.3 Å². The van der Waals surface area contributed by atoms with Crippen molar-refractivity contribution >= 4 is 23.3 Å². The van der Waals surface area contributed by atoms with Crippen LogP contribution in [0.4, 0.5) is 5.82 Å². The molecular weight excluding hydrogens is 306 g/mol. The molecule has 1 aromatic rings. The lowest BCUT2D eigenvalue weighted by molar-refractivity contribution is -0.120. The fourth-order valence-electron chi connectivity index (χ4n) is 2.89. The third-order valence-electron chi connectivity index (χ3n) is 3.90. The highest BCUT2D eigenvalue weighted by molar-refractivity contribution is 6.33. The number of amides is 1. The van der Waals surface area contributed by atoms with E-state index in [0.29, 0.717) is 31.3 Å². The summed E-state index contributed by atoms with van der Waals surface area (Å²) < 4.78 is 11.8. The van der Waals surface area contributed by atoms with Crippen molar-refractivity contribution in [3.63, 3.8) is 0 Å². The van der Waals surface area contributed by atoms with Crippen LogP contribution in [0.2, 0.25) is 5.02 Å². The van der Waals surface area contributed by atoms with E-state index in [2.05, 4.69) is 15.2 Å². The number of anilines is 1. The molecule has 2 aliphatic rings. The van der Waals surface area contributed by atoms with Gasteiger partial charge in [0, 0.05) is 26.2 Å². The number of carbonyl (C=O) groups excluding carboxylic acids is 1. The van der Waals surface area contributed by atoms with Gasteiger partial charge in [-0.1, -0.05) is 11.6 Å². The molecule has 2 aliphatic heterocycles. The zero-order valence-corrected chi connectivity index (χ0v) is 13.5. The Labute approximate surface area is 134 Å². The van der Waals surface area contributed by atoms with Crippen LogP contribution in [0, 0.1) is 6.92 Å². The molecule has 0 aromatic carbocycles. The molecule has 0 saturated carbocycles. The molecule has 3 rings (SSSR count). The number of aromatic nitrogens is 1. The SMILES string of the molecule is CC(=O)NC1CO[C@H]2CN(c3ncc(C)cc3Cl)C[C@@H]2OC1. The first-order valence-corrected chi connectivity index (χ1v) is 7.78. The molecular formula is C15H20ClN3O3. The molecule has 120 valence electrons. The van der Waals surface area contributed by atoms with Crippen LogP contribution in [-0.4, -0.2) is 55.4 Å². The molecule has 22 heavy (non-hydrogen) atoms. The third-order valence-corrected chi connectivity index (χ3v) is 4.18. The van der Waals surface area contributed by atoms with Gasteiger partial charge in [-0.2, -0.15) is 0 Å². The smallest absolute Gasteiger partial charge is 0.217 e. The lowest BCUT2D eigenvalue weighted by atomic mass is 10.3. The summed E-state index contributed by atoms with van der Waals surface area (Å²) in [4.78, 5) is 17.6. The predicted molar refractivity (Wildman–Crippen MR) is 83.3 cm³/mol. The molecule has 1 amide bonds. The van der Waals surface area contributed by atoms with Crippen molar-refractivity contribution in [2.24, 2.45) is 0 Å². The first kappa shape index (κ1) is 15.5. The van der Waals surface area contributed by atoms with E-state index in [0.717, 1.165) is 11.4 Å². The summed E-state index contributed by atoms with van der Waals surface area (Å²) in [5, 5.41) is 3.48. The maximum absolute atomic E-state index is 11.1. The molecule has 6 nitrogen and oxygen atoms in total. The summed E-state index contributed by atoms with van der Waals surface area (Å²) in [5.41, 5.74) is 1.04. The predicted octanol–water partition coefficient (Wildman–Crippen LogP) is 1.15. The van der Waals surface area contributed by atoms with Gasteiger partial charge in [0.15, 0.2) is 0 Å². The van der Waals surface area contributed by atoms with E-state index in [1.807, 2.05) is 19.2 Å². The molecule has 2 saturated heterocycles.